The molecular weight excluding hydrogens is 414 g/mol. The molecule has 31 heavy (non-hydrogen) atoms. The largest absolute Gasteiger partial charge is 0.497 e. The van der Waals surface area contributed by atoms with E-state index in [1.807, 2.05) is 60.9 Å². The number of benzene rings is 2. The Balaban J connectivity index is 1.82. The molecule has 1 aromatic heterocycles. The first-order valence-electron chi connectivity index (χ1n) is 9.98. The van der Waals surface area contributed by atoms with Crippen LogP contribution in [-0.4, -0.2) is 41.5 Å². The summed E-state index contributed by atoms with van der Waals surface area (Å²) in [5, 5.41) is 2.79. The van der Waals surface area contributed by atoms with Crippen molar-refractivity contribution in [3.05, 3.63) is 60.0 Å². The van der Waals surface area contributed by atoms with Crippen molar-refractivity contribution in [2.75, 3.05) is 25.3 Å². The molecule has 2 heterocycles. The Morgan fingerprint density at radius 3 is 2.71 bits per heavy atom. The third kappa shape index (κ3) is 4.34. The van der Waals surface area contributed by atoms with Gasteiger partial charge in [0.05, 0.1) is 42.7 Å². The molecule has 0 aliphatic carbocycles. The van der Waals surface area contributed by atoms with E-state index in [9.17, 15) is 4.79 Å². The predicted molar refractivity (Wildman–Crippen MR) is 122 cm³/mol. The number of amides is 1. The van der Waals surface area contributed by atoms with Crippen molar-refractivity contribution in [1.82, 2.24) is 9.55 Å². The summed E-state index contributed by atoms with van der Waals surface area (Å²) >= 11 is 1.55. The first-order chi connectivity index (χ1) is 15.0. The number of fused-ring (bicyclic) bond motifs is 1. The Labute approximate surface area is 185 Å². The van der Waals surface area contributed by atoms with Crippen LogP contribution in [0.25, 0.3) is 5.69 Å². The first kappa shape index (κ1) is 21.1. The molecule has 0 fully saturated rings. The van der Waals surface area contributed by atoms with E-state index in [0.29, 0.717) is 23.1 Å². The molecule has 1 N–H and O–H groups in total. The van der Waals surface area contributed by atoms with Crippen molar-refractivity contribution in [1.29, 1.82) is 0 Å². The second kappa shape index (κ2) is 8.93. The fraction of sp³-hybridized carbons (Fsp3) is 0.304. The van der Waals surface area contributed by atoms with Crippen LogP contribution in [0.3, 0.4) is 0 Å². The van der Waals surface area contributed by atoms with Gasteiger partial charge in [0.25, 0.3) is 0 Å². The fourth-order valence-corrected chi connectivity index (χ4v) is 4.64. The monoisotopic (exact) mass is 439 g/mol. The summed E-state index contributed by atoms with van der Waals surface area (Å²) in [5.41, 5.74) is 2.80. The lowest BCUT2D eigenvalue weighted by Gasteiger charge is -2.20. The number of ether oxygens (including phenoxy) is 3. The van der Waals surface area contributed by atoms with Gasteiger partial charge >= 0.3 is 0 Å². The number of aromatic nitrogens is 2. The van der Waals surface area contributed by atoms with Crippen LogP contribution >= 0.6 is 11.8 Å². The van der Waals surface area contributed by atoms with Gasteiger partial charge in [-0.25, -0.2) is 4.98 Å². The van der Waals surface area contributed by atoms with Crippen molar-refractivity contribution in [3.63, 3.8) is 0 Å². The van der Waals surface area contributed by atoms with Gasteiger partial charge in [-0.2, -0.15) is 0 Å². The number of anilines is 1. The lowest BCUT2D eigenvalue weighted by atomic mass is 10.1. The molecule has 0 unspecified atom stereocenters. The number of nitrogens with one attached hydrogen (secondary N) is 1. The normalized spacial score (nSPS) is 15.8. The highest BCUT2D eigenvalue weighted by atomic mass is 32.2. The minimum atomic E-state index is -0.135. The van der Waals surface area contributed by atoms with Crippen LogP contribution in [0.2, 0.25) is 0 Å². The Hall–Kier alpha value is -3.13. The molecule has 8 heteroatoms. The SMILES string of the molecule is COc1cccc(-n2cnc3c2[C@@H](c2ccc(OC(C)C)c(OC)c2)SCC(=O)N3)c1. The number of thioether (sulfide) groups is 1. The molecule has 162 valence electrons. The van der Waals surface area contributed by atoms with E-state index < -0.39 is 0 Å². The van der Waals surface area contributed by atoms with E-state index in [4.69, 9.17) is 14.2 Å². The summed E-state index contributed by atoms with van der Waals surface area (Å²) in [6.07, 6.45) is 1.77. The Morgan fingerprint density at radius 2 is 1.97 bits per heavy atom. The maximum atomic E-state index is 12.3. The number of carbonyl (C=O) groups excluding carboxylic acids is 1. The molecule has 1 aliphatic heterocycles. The minimum Gasteiger partial charge on any atom is -0.497 e. The summed E-state index contributed by atoms with van der Waals surface area (Å²) in [4.78, 5) is 16.8. The van der Waals surface area contributed by atoms with Crippen LogP contribution < -0.4 is 19.5 Å². The van der Waals surface area contributed by atoms with E-state index in [2.05, 4.69) is 10.3 Å². The summed E-state index contributed by atoms with van der Waals surface area (Å²) in [7, 11) is 3.27. The van der Waals surface area contributed by atoms with E-state index in [-0.39, 0.29) is 17.3 Å². The zero-order valence-electron chi connectivity index (χ0n) is 17.9. The van der Waals surface area contributed by atoms with Crippen LogP contribution in [0.5, 0.6) is 17.2 Å². The number of nitrogens with zero attached hydrogens (tertiary/aromatic N) is 2. The van der Waals surface area contributed by atoms with E-state index >= 15 is 0 Å². The third-order valence-corrected chi connectivity index (χ3v) is 6.13. The lowest BCUT2D eigenvalue weighted by Crippen LogP contribution is -2.12. The van der Waals surface area contributed by atoms with Crippen LogP contribution in [0.4, 0.5) is 5.82 Å². The molecule has 2 aromatic carbocycles. The molecular formula is C23H25N3O4S. The van der Waals surface area contributed by atoms with Crippen molar-refractivity contribution in [3.8, 4) is 22.9 Å². The van der Waals surface area contributed by atoms with Crippen LogP contribution in [-0.2, 0) is 4.79 Å². The smallest absolute Gasteiger partial charge is 0.235 e. The zero-order chi connectivity index (χ0) is 22.0. The van der Waals surface area contributed by atoms with Crippen LogP contribution in [0.1, 0.15) is 30.4 Å². The number of rotatable bonds is 6. The lowest BCUT2D eigenvalue weighted by molar-refractivity contribution is -0.113. The van der Waals surface area contributed by atoms with Gasteiger partial charge in [-0.15, -0.1) is 11.8 Å². The third-order valence-electron chi connectivity index (χ3n) is 4.88. The standard InChI is InChI=1S/C23H25N3O4S/c1-14(2)30-18-9-8-15(10-19(18)29-4)22-21-23(25-20(27)12-31-22)24-13-26(21)16-6-5-7-17(11-16)28-3/h5-11,13-14,22H,12H2,1-4H3,(H,25,27)/t22-/m1/s1. The van der Waals surface area contributed by atoms with Crippen molar-refractivity contribution in [2.45, 2.75) is 25.2 Å². The maximum absolute atomic E-state index is 12.3. The zero-order valence-corrected chi connectivity index (χ0v) is 18.7. The molecule has 0 saturated heterocycles. The number of imidazole rings is 1. The molecule has 0 spiro atoms. The summed E-state index contributed by atoms with van der Waals surface area (Å²) in [6, 6.07) is 13.7. The second-order valence-corrected chi connectivity index (χ2v) is 8.46. The van der Waals surface area contributed by atoms with Crippen LogP contribution in [0.15, 0.2) is 48.8 Å². The number of hydrogen-bond donors (Lipinski definition) is 1. The van der Waals surface area contributed by atoms with E-state index in [1.165, 1.54) is 0 Å². The first-order valence-corrected chi connectivity index (χ1v) is 11.0. The second-order valence-electron chi connectivity index (χ2n) is 7.37. The molecule has 0 saturated carbocycles. The average molecular weight is 440 g/mol. The Morgan fingerprint density at radius 1 is 1.13 bits per heavy atom. The van der Waals surface area contributed by atoms with Gasteiger partial charge in [0, 0.05) is 6.07 Å². The summed E-state index contributed by atoms with van der Waals surface area (Å²) < 4.78 is 18.8. The molecule has 7 nitrogen and oxygen atoms in total. The minimum absolute atomic E-state index is 0.0370. The molecule has 3 aromatic rings. The molecule has 1 atom stereocenters. The van der Waals surface area contributed by atoms with Crippen LogP contribution in [0, 0.1) is 0 Å². The van der Waals surface area contributed by atoms with Gasteiger partial charge in [0.1, 0.15) is 12.1 Å². The van der Waals surface area contributed by atoms with Gasteiger partial charge in [-0.3, -0.25) is 9.36 Å². The van der Waals surface area contributed by atoms with Crippen molar-refractivity contribution < 1.29 is 19.0 Å². The Kier molecular flexibility index (Phi) is 6.08. The topological polar surface area (TPSA) is 74.6 Å². The van der Waals surface area contributed by atoms with Gasteiger partial charge < -0.3 is 19.5 Å². The molecule has 0 bridgehead atoms. The highest BCUT2D eigenvalue weighted by Gasteiger charge is 2.30. The van der Waals surface area contributed by atoms with Gasteiger partial charge in [0.15, 0.2) is 17.3 Å². The number of methoxy groups -OCH3 is 2. The summed E-state index contributed by atoms with van der Waals surface area (Å²) in [6.45, 7) is 3.95. The maximum Gasteiger partial charge on any atom is 0.235 e. The molecule has 4 rings (SSSR count). The molecule has 1 amide bonds. The highest BCUT2D eigenvalue weighted by Crippen LogP contribution is 2.44. The average Bonchev–Trinajstić information content (AvgIpc) is 3.09. The predicted octanol–water partition coefficient (Wildman–Crippen LogP) is 4.45. The molecule has 0 radical (unpaired) electrons. The quantitative estimate of drug-likeness (QED) is 0.612. The van der Waals surface area contributed by atoms with Gasteiger partial charge in [-0.1, -0.05) is 12.1 Å². The Bertz CT molecular complexity index is 1100. The molecule has 1 aliphatic rings. The fourth-order valence-electron chi connectivity index (χ4n) is 3.53. The van der Waals surface area contributed by atoms with E-state index in [0.717, 1.165) is 22.7 Å². The van der Waals surface area contributed by atoms with Crippen molar-refractivity contribution in [2.24, 2.45) is 0 Å². The van der Waals surface area contributed by atoms with Gasteiger partial charge in [-0.05, 0) is 43.7 Å². The number of carbonyl (C=O) groups is 1. The van der Waals surface area contributed by atoms with E-state index in [1.54, 1.807) is 32.3 Å². The van der Waals surface area contributed by atoms with Gasteiger partial charge in [0.2, 0.25) is 5.91 Å². The van der Waals surface area contributed by atoms with Crippen molar-refractivity contribution >= 4 is 23.5 Å². The summed E-state index contributed by atoms with van der Waals surface area (Å²) in [5.74, 6) is 2.91. The number of hydrogen-bond acceptors (Lipinski definition) is 6. The highest BCUT2D eigenvalue weighted by molar-refractivity contribution is 8.00.